The van der Waals surface area contributed by atoms with E-state index in [1.165, 1.54) is 12.8 Å². The van der Waals surface area contributed by atoms with E-state index in [2.05, 4.69) is 48.6 Å². The summed E-state index contributed by atoms with van der Waals surface area (Å²) in [7, 11) is 4.24. The second-order valence-electron chi connectivity index (χ2n) is 5.05. The summed E-state index contributed by atoms with van der Waals surface area (Å²) in [6, 6.07) is 8.85. The smallest absolute Gasteiger partial charge is 0.0101 e. The molecule has 1 aromatic carbocycles. The van der Waals surface area contributed by atoms with Crippen molar-refractivity contribution >= 4 is 0 Å². The van der Waals surface area contributed by atoms with Crippen LogP contribution in [0.5, 0.6) is 0 Å². The molecule has 2 rings (SSSR count). The molecule has 0 radical (unpaired) electrons. The number of hydrogen-bond donors (Lipinski definition) is 1. The van der Waals surface area contributed by atoms with Crippen LogP contribution in [0.3, 0.4) is 0 Å². The van der Waals surface area contributed by atoms with E-state index in [0.29, 0.717) is 0 Å². The van der Waals surface area contributed by atoms with Crippen molar-refractivity contribution in [2.75, 3.05) is 33.7 Å². The molecule has 0 aromatic heterocycles. The standard InChI is InChI=1S/C14H22N2/c1-16(2)8-7-15-11-12-9-13-5-3-4-6-14(13)10-12/h3-6,12,15H,7-11H2,1-2H3. The fraction of sp³-hybridized carbons (Fsp3) is 0.571. The minimum Gasteiger partial charge on any atom is -0.315 e. The van der Waals surface area contributed by atoms with Crippen molar-refractivity contribution in [2.24, 2.45) is 5.92 Å². The van der Waals surface area contributed by atoms with Crippen LogP contribution in [0.25, 0.3) is 0 Å². The molecule has 0 bridgehead atoms. The predicted molar refractivity (Wildman–Crippen MR) is 68.8 cm³/mol. The van der Waals surface area contributed by atoms with Crippen molar-refractivity contribution in [1.29, 1.82) is 0 Å². The highest BCUT2D eigenvalue weighted by Gasteiger charge is 2.19. The topological polar surface area (TPSA) is 15.3 Å². The maximum Gasteiger partial charge on any atom is 0.0101 e. The van der Waals surface area contributed by atoms with Crippen LogP contribution in [0.2, 0.25) is 0 Å². The summed E-state index contributed by atoms with van der Waals surface area (Å²) in [5.41, 5.74) is 3.11. The zero-order valence-corrected chi connectivity index (χ0v) is 10.4. The van der Waals surface area contributed by atoms with Crippen LogP contribution in [0.15, 0.2) is 24.3 Å². The first-order valence-corrected chi connectivity index (χ1v) is 6.18. The average molecular weight is 218 g/mol. The largest absolute Gasteiger partial charge is 0.315 e. The summed E-state index contributed by atoms with van der Waals surface area (Å²) in [6.07, 6.45) is 2.51. The van der Waals surface area contributed by atoms with Gasteiger partial charge in [0.2, 0.25) is 0 Å². The van der Waals surface area contributed by atoms with Gasteiger partial charge in [-0.25, -0.2) is 0 Å². The first kappa shape index (κ1) is 11.6. The lowest BCUT2D eigenvalue weighted by molar-refractivity contribution is 0.388. The Morgan fingerprint density at radius 1 is 1.19 bits per heavy atom. The molecule has 0 heterocycles. The summed E-state index contributed by atoms with van der Waals surface area (Å²) >= 11 is 0. The van der Waals surface area contributed by atoms with Gasteiger partial charge in [-0.05, 0) is 50.5 Å². The second-order valence-corrected chi connectivity index (χ2v) is 5.05. The SMILES string of the molecule is CN(C)CCNCC1Cc2ccccc2C1. The second kappa shape index (κ2) is 5.46. The monoisotopic (exact) mass is 218 g/mol. The van der Waals surface area contributed by atoms with Crippen molar-refractivity contribution in [3.8, 4) is 0 Å². The molecule has 0 aliphatic heterocycles. The molecule has 0 amide bonds. The van der Waals surface area contributed by atoms with Gasteiger partial charge in [0.1, 0.15) is 0 Å². The van der Waals surface area contributed by atoms with E-state index in [4.69, 9.17) is 0 Å². The van der Waals surface area contributed by atoms with Crippen molar-refractivity contribution in [3.05, 3.63) is 35.4 Å². The van der Waals surface area contributed by atoms with Gasteiger partial charge in [0, 0.05) is 13.1 Å². The lowest BCUT2D eigenvalue weighted by Crippen LogP contribution is -2.30. The first-order chi connectivity index (χ1) is 7.75. The maximum atomic E-state index is 3.55. The van der Waals surface area contributed by atoms with Crippen molar-refractivity contribution in [2.45, 2.75) is 12.8 Å². The minimum atomic E-state index is 0.805. The summed E-state index contributed by atoms with van der Waals surface area (Å²) in [4.78, 5) is 2.22. The fourth-order valence-corrected chi connectivity index (χ4v) is 2.40. The molecule has 0 saturated carbocycles. The van der Waals surface area contributed by atoms with E-state index in [-0.39, 0.29) is 0 Å². The molecular formula is C14H22N2. The number of likely N-dealkylation sites (N-methyl/N-ethyl adjacent to an activating group) is 1. The number of fused-ring (bicyclic) bond motifs is 1. The van der Waals surface area contributed by atoms with E-state index in [1.807, 2.05) is 0 Å². The molecule has 0 saturated heterocycles. The number of nitrogens with one attached hydrogen (secondary N) is 1. The molecule has 0 spiro atoms. The number of hydrogen-bond acceptors (Lipinski definition) is 2. The highest BCUT2D eigenvalue weighted by molar-refractivity contribution is 5.32. The highest BCUT2D eigenvalue weighted by Crippen LogP contribution is 2.25. The summed E-state index contributed by atoms with van der Waals surface area (Å²) < 4.78 is 0. The molecule has 16 heavy (non-hydrogen) atoms. The number of rotatable bonds is 5. The van der Waals surface area contributed by atoms with E-state index in [1.54, 1.807) is 11.1 Å². The van der Waals surface area contributed by atoms with Gasteiger partial charge in [0.15, 0.2) is 0 Å². The average Bonchev–Trinajstić information content (AvgIpc) is 2.66. The molecule has 1 aliphatic carbocycles. The summed E-state index contributed by atoms with van der Waals surface area (Å²) in [6.45, 7) is 3.38. The molecule has 0 unspecified atom stereocenters. The van der Waals surface area contributed by atoms with Gasteiger partial charge in [-0.3, -0.25) is 0 Å². The van der Waals surface area contributed by atoms with Crippen molar-refractivity contribution in [3.63, 3.8) is 0 Å². The molecule has 2 nitrogen and oxygen atoms in total. The van der Waals surface area contributed by atoms with E-state index in [0.717, 1.165) is 25.6 Å². The van der Waals surface area contributed by atoms with Crippen LogP contribution in [0.1, 0.15) is 11.1 Å². The van der Waals surface area contributed by atoms with Crippen LogP contribution in [0.4, 0.5) is 0 Å². The minimum absolute atomic E-state index is 0.805. The lowest BCUT2D eigenvalue weighted by Gasteiger charge is -2.13. The lowest BCUT2D eigenvalue weighted by atomic mass is 10.1. The predicted octanol–water partition coefficient (Wildman–Crippen LogP) is 1.55. The van der Waals surface area contributed by atoms with Gasteiger partial charge in [0.25, 0.3) is 0 Å². The van der Waals surface area contributed by atoms with Gasteiger partial charge in [0.05, 0.1) is 0 Å². The zero-order chi connectivity index (χ0) is 11.4. The zero-order valence-electron chi connectivity index (χ0n) is 10.4. The Bertz CT molecular complexity index is 308. The molecule has 0 atom stereocenters. The Balaban J connectivity index is 1.71. The molecule has 1 N–H and O–H groups in total. The van der Waals surface area contributed by atoms with Crippen LogP contribution in [-0.2, 0) is 12.8 Å². The Morgan fingerprint density at radius 2 is 1.81 bits per heavy atom. The molecule has 1 aromatic rings. The normalized spacial score (nSPS) is 15.7. The molecule has 2 heteroatoms. The highest BCUT2D eigenvalue weighted by atomic mass is 15.1. The van der Waals surface area contributed by atoms with E-state index < -0.39 is 0 Å². The number of nitrogens with zero attached hydrogens (tertiary/aromatic N) is 1. The summed E-state index contributed by atoms with van der Waals surface area (Å²) in [5, 5.41) is 3.55. The Hall–Kier alpha value is -0.860. The van der Waals surface area contributed by atoms with E-state index >= 15 is 0 Å². The third-order valence-corrected chi connectivity index (χ3v) is 3.30. The van der Waals surface area contributed by atoms with Crippen LogP contribution in [-0.4, -0.2) is 38.6 Å². The van der Waals surface area contributed by atoms with E-state index in [9.17, 15) is 0 Å². The summed E-state index contributed by atoms with van der Waals surface area (Å²) in [5.74, 6) is 0.805. The van der Waals surface area contributed by atoms with Crippen LogP contribution in [0, 0.1) is 5.92 Å². The van der Waals surface area contributed by atoms with Crippen LogP contribution >= 0.6 is 0 Å². The van der Waals surface area contributed by atoms with Gasteiger partial charge in [-0.1, -0.05) is 24.3 Å². The third kappa shape index (κ3) is 3.06. The van der Waals surface area contributed by atoms with Crippen molar-refractivity contribution < 1.29 is 0 Å². The Morgan fingerprint density at radius 3 is 2.38 bits per heavy atom. The molecule has 1 aliphatic rings. The molecule has 0 fully saturated rings. The quantitative estimate of drug-likeness (QED) is 0.754. The maximum absolute atomic E-state index is 3.55. The third-order valence-electron chi connectivity index (χ3n) is 3.30. The number of benzene rings is 1. The van der Waals surface area contributed by atoms with Gasteiger partial charge in [-0.2, -0.15) is 0 Å². The van der Waals surface area contributed by atoms with Gasteiger partial charge >= 0.3 is 0 Å². The molecule has 88 valence electrons. The van der Waals surface area contributed by atoms with Crippen LogP contribution < -0.4 is 5.32 Å². The Kier molecular flexibility index (Phi) is 3.97. The molecular weight excluding hydrogens is 196 g/mol. The van der Waals surface area contributed by atoms with Gasteiger partial charge < -0.3 is 10.2 Å². The van der Waals surface area contributed by atoms with Gasteiger partial charge in [-0.15, -0.1) is 0 Å². The fourth-order valence-electron chi connectivity index (χ4n) is 2.40. The first-order valence-electron chi connectivity index (χ1n) is 6.18. The Labute approximate surface area is 98.7 Å². The van der Waals surface area contributed by atoms with Crippen molar-refractivity contribution in [1.82, 2.24) is 10.2 Å².